The molecular formula is C11H19N3O. The first-order chi connectivity index (χ1) is 7.34. The van der Waals surface area contributed by atoms with E-state index in [-0.39, 0.29) is 0 Å². The first-order valence-electron chi connectivity index (χ1n) is 5.83. The maximum Gasteiger partial charge on any atom is 0.213 e. The lowest BCUT2D eigenvalue weighted by Gasteiger charge is -2.28. The van der Waals surface area contributed by atoms with Crippen LogP contribution in [0, 0.1) is 5.92 Å². The maximum absolute atomic E-state index is 4.67. The molecule has 1 aromatic rings. The molecule has 15 heavy (non-hydrogen) atoms. The van der Waals surface area contributed by atoms with Crippen molar-refractivity contribution in [2.75, 3.05) is 6.54 Å². The molecule has 1 aliphatic carbocycles. The van der Waals surface area contributed by atoms with Gasteiger partial charge in [-0.05, 0) is 19.3 Å². The third kappa shape index (κ3) is 3.30. The Kier molecular flexibility index (Phi) is 3.72. The first-order valence-corrected chi connectivity index (χ1v) is 5.83. The Hall–Kier alpha value is -0.900. The van der Waals surface area contributed by atoms with E-state index in [0.29, 0.717) is 6.04 Å². The van der Waals surface area contributed by atoms with Gasteiger partial charge in [0.2, 0.25) is 6.39 Å². The van der Waals surface area contributed by atoms with Crippen LogP contribution in [0.25, 0.3) is 0 Å². The van der Waals surface area contributed by atoms with E-state index < -0.39 is 0 Å². The van der Waals surface area contributed by atoms with Gasteiger partial charge in [0.05, 0.1) is 0 Å². The zero-order chi connectivity index (χ0) is 10.5. The summed E-state index contributed by atoms with van der Waals surface area (Å²) in [5.41, 5.74) is 0. The lowest BCUT2D eigenvalue weighted by atomic mass is 9.81. The summed E-state index contributed by atoms with van der Waals surface area (Å²) in [6.45, 7) is 3.20. The van der Waals surface area contributed by atoms with Gasteiger partial charge < -0.3 is 9.84 Å². The van der Waals surface area contributed by atoms with Crippen molar-refractivity contribution in [1.29, 1.82) is 0 Å². The van der Waals surface area contributed by atoms with Crippen molar-refractivity contribution in [2.24, 2.45) is 5.92 Å². The zero-order valence-electron chi connectivity index (χ0n) is 9.28. The molecule has 0 saturated heterocycles. The second kappa shape index (κ2) is 5.26. The predicted molar refractivity (Wildman–Crippen MR) is 57.4 cm³/mol. The van der Waals surface area contributed by atoms with Crippen LogP contribution in [0.4, 0.5) is 0 Å². The molecule has 1 heterocycles. The molecule has 0 bridgehead atoms. The highest BCUT2D eigenvalue weighted by Gasteiger charge is 2.19. The number of nitrogens with zero attached hydrogens (tertiary/aromatic N) is 2. The lowest BCUT2D eigenvalue weighted by Crippen LogP contribution is -2.31. The van der Waals surface area contributed by atoms with Gasteiger partial charge in [0.15, 0.2) is 5.82 Å². The Morgan fingerprint density at radius 1 is 1.60 bits per heavy atom. The van der Waals surface area contributed by atoms with Gasteiger partial charge in [-0.3, -0.25) is 0 Å². The van der Waals surface area contributed by atoms with E-state index in [1.165, 1.54) is 32.1 Å². The Labute approximate surface area is 90.4 Å². The summed E-state index contributed by atoms with van der Waals surface area (Å²) in [5.74, 6) is 1.76. The molecule has 1 fully saturated rings. The highest BCUT2D eigenvalue weighted by molar-refractivity contribution is 4.80. The molecule has 1 atom stereocenters. The summed E-state index contributed by atoms with van der Waals surface area (Å²) < 4.78 is 4.67. The van der Waals surface area contributed by atoms with Crippen LogP contribution < -0.4 is 5.32 Å². The number of aromatic nitrogens is 2. The molecule has 0 amide bonds. The monoisotopic (exact) mass is 209 g/mol. The van der Waals surface area contributed by atoms with Crippen molar-refractivity contribution in [1.82, 2.24) is 15.5 Å². The third-order valence-corrected chi connectivity index (χ3v) is 3.16. The number of nitrogens with one attached hydrogen (secondary N) is 1. The summed E-state index contributed by atoms with van der Waals surface area (Å²) in [6, 6.07) is 0.613. The molecular weight excluding hydrogens is 190 g/mol. The fraction of sp³-hybridized carbons (Fsp3) is 0.818. The van der Waals surface area contributed by atoms with Crippen molar-refractivity contribution >= 4 is 0 Å². The van der Waals surface area contributed by atoms with E-state index in [9.17, 15) is 0 Å². The number of hydrogen-bond acceptors (Lipinski definition) is 4. The fourth-order valence-corrected chi connectivity index (χ4v) is 2.04. The molecule has 4 heteroatoms. The zero-order valence-corrected chi connectivity index (χ0v) is 9.28. The average molecular weight is 209 g/mol. The Balaban J connectivity index is 1.56. The second-order valence-corrected chi connectivity index (χ2v) is 4.49. The van der Waals surface area contributed by atoms with E-state index in [4.69, 9.17) is 0 Å². The first kappa shape index (κ1) is 10.6. The van der Waals surface area contributed by atoms with Crippen LogP contribution in [-0.2, 0) is 6.42 Å². The Morgan fingerprint density at radius 3 is 3.07 bits per heavy atom. The van der Waals surface area contributed by atoms with Crippen molar-refractivity contribution in [2.45, 2.75) is 45.1 Å². The minimum atomic E-state index is 0.613. The van der Waals surface area contributed by atoms with Gasteiger partial charge in [-0.15, -0.1) is 0 Å². The van der Waals surface area contributed by atoms with E-state index >= 15 is 0 Å². The summed E-state index contributed by atoms with van der Waals surface area (Å²) in [7, 11) is 0. The van der Waals surface area contributed by atoms with Crippen LogP contribution in [0.1, 0.15) is 38.4 Å². The summed E-state index contributed by atoms with van der Waals surface area (Å²) in [4.78, 5) is 3.98. The molecule has 84 valence electrons. The van der Waals surface area contributed by atoms with Crippen molar-refractivity contribution in [3.63, 3.8) is 0 Å². The Morgan fingerprint density at radius 2 is 2.47 bits per heavy atom. The second-order valence-electron chi connectivity index (χ2n) is 4.49. The third-order valence-electron chi connectivity index (χ3n) is 3.16. The maximum atomic E-state index is 4.67. The van der Waals surface area contributed by atoms with Crippen LogP contribution in [0.5, 0.6) is 0 Å². The van der Waals surface area contributed by atoms with Crippen LogP contribution in [0.2, 0.25) is 0 Å². The van der Waals surface area contributed by atoms with Crippen molar-refractivity contribution < 1.29 is 4.52 Å². The normalized spacial score (nSPS) is 18.7. The summed E-state index contributed by atoms with van der Waals surface area (Å²) >= 11 is 0. The van der Waals surface area contributed by atoms with Crippen molar-refractivity contribution in [3.05, 3.63) is 12.2 Å². The molecule has 1 aromatic heterocycles. The van der Waals surface area contributed by atoms with Crippen LogP contribution in [0.3, 0.4) is 0 Å². The highest BCUT2D eigenvalue weighted by Crippen LogP contribution is 2.30. The van der Waals surface area contributed by atoms with Gasteiger partial charge in [-0.2, -0.15) is 4.98 Å². The number of rotatable bonds is 6. The predicted octanol–water partition coefficient (Wildman–Crippen LogP) is 1.78. The van der Waals surface area contributed by atoms with Gasteiger partial charge >= 0.3 is 0 Å². The SMILES string of the molecule is CC(CC1CCC1)NCCc1ncon1. The largest absolute Gasteiger partial charge is 0.343 e. The molecule has 1 aliphatic rings. The lowest BCUT2D eigenvalue weighted by molar-refractivity contribution is 0.266. The van der Waals surface area contributed by atoms with Gasteiger partial charge in [0.25, 0.3) is 0 Å². The van der Waals surface area contributed by atoms with Crippen LogP contribution >= 0.6 is 0 Å². The van der Waals surface area contributed by atoms with E-state index in [0.717, 1.165) is 24.7 Å². The van der Waals surface area contributed by atoms with Gasteiger partial charge in [0.1, 0.15) is 0 Å². The molecule has 4 nitrogen and oxygen atoms in total. The van der Waals surface area contributed by atoms with Gasteiger partial charge in [-0.25, -0.2) is 0 Å². The fourth-order valence-electron chi connectivity index (χ4n) is 2.04. The average Bonchev–Trinajstić information content (AvgIpc) is 2.64. The standard InChI is InChI=1S/C11H19N3O/c1-9(7-10-3-2-4-10)12-6-5-11-13-8-15-14-11/h8-10,12H,2-7H2,1H3. The molecule has 1 unspecified atom stereocenters. The van der Waals surface area contributed by atoms with Gasteiger partial charge in [0, 0.05) is 19.0 Å². The Bertz CT molecular complexity index is 269. The van der Waals surface area contributed by atoms with E-state index in [2.05, 4.69) is 26.9 Å². The van der Waals surface area contributed by atoms with E-state index in [1.807, 2.05) is 0 Å². The molecule has 0 radical (unpaired) electrons. The smallest absolute Gasteiger partial charge is 0.213 e. The van der Waals surface area contributed by atoms with Crippen molar-refractivity contribution in [3.8, 4) is 0 Å². The number of hydrogen-bond donors (Lipinski definition) is 1. The molecule has 1 N–H and O–H groups in total. The molecule has 2 rings (SSSR count). The minimum absolute atomic E-state index is 0.613. The molecule has 0 aromatic carbocycles. The van der Waals surface area contributed by atoms with Gasteiger partial charge in [-0.1, -0.05) is 24.4 Å². The minimum Gasteiger partial charge on any atom is -0.343 e. The molecule has 0 aliphatic heterocycles. The quantitative estimate of drug-likeness (QED) is 0.776. The molecule has 0 spiro atoms. The highest BCUT2D eigenvalue weighted by atomic mass is 16.5. The summed E-state index contributed by atoms with van der Waals surface area (Å²) in [5, 5.41) is 7.27. The van der Waals surface area contributed by atoms with Crippen LogP contribution in [0.15, 0.2) is 10.9 Å². The topological polar surface area (TPSA) is 51.0 Å². The molecule has 1 saturated carbocycles. The van der Waals surface area contributed by atoms with E-state index in [1.54, 1.807) is 0 Å². The van der Waals surface area contributed by atoms with Crippen LogP contribution in [-0.4, -0.2) is 22.7 Å². The summed E-state index contributed by atoms with van der Waals surface area (Å²) in [6.07, 6.45) is 7.83.